The Balaban J connectivity index is 2.46. The molecule has 0 aromatic heterocycles. The second-order valence-electron chi connectivity index (χ2n) is 4.06. The molecule has 2 aromatic rings. The number of carbonyl (C=O) groups is 1. The van der Waals surface area contributed by atoms with E-state index in [0.29, 0.717) is 28.2 Å². The summed E-state index contributed by atoms with van der Waals surface area (Å²) < 4.78 is 10.3. The van der Waals surface area contributed by atoms with Gasteiger partial charge in [-0.15, -0.1) is 0 Å². The van der Waals surface area contributed by atoms with Crippen molar-refractivity contribution in [1.29, 1.82) is 5.26 Å². The second-order valence-corrected chi connectivity index (χ2v) is 4.06. The van der Waals surface area contributed by atoms with E-state index in [4.69, 9.17) is 14.7 Å². The fourth-order valence-corrected chi connectivity index (χ4v) is 1.91. The van der Waals surface area contributed by atoms with Gasteiger partial charge in [0.15, 0.2) is 17.3 Å². The molecule has 4 heteroatoms. The number of benzene rings is 2. The molecular formula is C16H13NO3. The van der Waals surface area contributed by atoms with Crippen LogP contribution in [0.4, 0.5) is 0 Å². The van der Waals surface area contributed by atoms with Gasteiger partial charge in [-0.1, -0.05) is 12.1 Å². The zero-order valence-electron chi connectivity index (χ0n) is 11.2. The van der Waals surface area contributed by atoms with Gasteiger partial charge in [0.05, 0.1) is 25.9 Å². The minimum Gasteiger partial charge on any atom is -0.493 e. The molecule has 0 fully saturated rings. The van der Waals surface area contributed by atoms with Gasteiger partial charge in [-0.25, -0.2) is 0 Å². The molecule has 0 amide bonds. The summed E-state index contributed by atoms with van der Waals surface area (Å²) in [5.41, 5.74) is 1.18. The van der Waals surface area contributed by atoms with Gasteiger partial charge in [0.1, 0.15) is 0 Å². The van der Waals surface area contributed by atoms with Gasteiger partial charge < -0.3 is 9.47 Å². The van der Waals surface area contributed by atoms with Crippen LogP contribution in [0.5, 0.6) is 11.5 Å². The number of hydrogen-bond acceptors (Lipinski definition) is 4. The number of methoxy groups -OCH3 is 2. The van der Waals surface area contributed by atoms with Gasteiger partial charge in [0.2, 0.25) is 0 Å². The maximum absolute atomic E-state index is 12.4. The molecular weight excluding hydrogens is 254 g/mol. The molecule has 0 aliphatic carbocycles. The number of hydrogen-bond donors (Lipinski definition) is 0. The molecule has 100 valence electrons. The van der Waals surface area contributed by atoms with Crippen LogP contribution < -0.4 is 9.47 Å². The highest BCUT2D eigenvalue weighted by molar-refractivity contribution is 6.10. The first kappa shape index (κ1) is 13.6. The average Bonchev–Trinajstić information content (AvgIpc) is 2.53. The molecule has 2 aromatic carbocycles. The molecule has 0 bridgehead atoms. The summed E-state index contributed by atoms with van der Waals surface area (Å²) in [6, 6.07) is 13.7. The summed E-state index contributed by atoms with van der Waals surface area (Å²) in [7, 11) is 3.04. The molecule has 0 spiro atoms. The lowest BCUT2D eigenvalue weighted by Crippen LogP contribution is -2.04. The topological polar surface area (TPSA) is 59.3 Å². The van der Waals surface area contributed by atoms with E-state index >= 15 is 0 Å². The van der Waals surface area contributed by atoms with Crippen LogP contribution in [0.2, 0.25) is 0 Å². The van der Waals surface area contributed by atoms with Crippen LogP contribution >= 0.6 is 0 Å². The van der Waals surface area contributed by atoms with Gasteiger partial charge in [-0.05, 0) is 30.3 Å². The molecule has 0 saturated heterocycles. The molecule has 0 atom stereocenters. The summed E-state index contributed by atoms with van der Waals surface area (Å²) in [4.78, 5) is 12.4. The highest BCUT2D eigenvalue weighted by Gasteiger charge is 2.15. The largest absolute Gasteiger partial charge is 0.493 e. The third-order valence-electron chi connectivity index (χ3n) is 2.94. The highest BCUT2D eigenvalue weighted by atomic mass is 16.5. The van der Waals surface area contributed by atoms with E-state index in [9.17, 15) is 4.79 Å². The molecule has 0 N–H and O–H groups in total. The van der Waals surface area contributed by atoms with Crippen molar-refractivity contribution < 1.29 is 14.3 Å². The van der Waals surface area contributed by atoms with Crippen LogP contribution in [0.15, 0.2) is 42.5 Å². The van der Waals surface area contributed by atoms with E-state index in [1.807, 2.05) is 6.07 Å². The van der Waals surface area contributed by atoms with Crippen molar-refractivity contribution in [3.63, 3.8) is 0 Å². The summed E-state index contributed by atoms with van der Waals surface area (Å²) in [6.45, 7) is 0. The molecule has 0 aliphatic rings. The zero-order chi connectivity index (χ0) is 14.5. The third-order valence-corrected chi connectivity index (χ3v) is 2.94. The minimum atomic E-state index is -0.219. The van der Waals surface area contributed by atoms with E-state index in [1.165, 1.54) is 14.2 Å². The molecule has 0 unspecified atom stereocenters. The highest BCUT2D eigenvalue weighted by Crippen LogP contribution is 2.28. The quantitative estimate of drug-likeness (QED) is 0.799. The first-order valence-corrected chi connectivity index (χ1v) is 5.97. The van der Waals surface area contributed by atoms with Crippen molar-refractivity contribution in [3.8, 4) is 17.6 Å². The molecule has 4 nitrogen and oxygen atoms in total. The van der Waals surface area contributed by atoms with Crippen molar-refractivity contribution >= 4 is 5.78 Å². The Morgan fingerprint density at radius 2 is 1.75 bits per heavy atom. The Kier molecular flexibility index (Phi) is 4.02. The first-order chi connectivity index (χ1) is 9.71. The first-order valence-electron chi connectivity index (χ1n) is 5.97. The Morgan fingerprint density at radius 3 is 2.40 bits per heavy atom. The SMILES string of the molecule is COc1ccc(C(=O)c2ccccc2C#N)cc1OC. The van der Waals surface area contributed by atoms with Crippen molar-refractivity contribution in [2.75, 3.05) is 14.2 Å². The third kappa shape index (κ3) is 2.47. The number of carbonyl (C=O) groups excluding carboxylic acids is 1. The maximum Gasteiger partial charge on any atom is 0.194 e. The van der Waals surface area contributed by atoms with E-state index in [0.717, 1.165) is 0 Å². The van der Waals surface area contributed by atoms with Crippen LogP contribution in [-0.4, -0.2) is 20.0 Å². The summed E-state index contributed by atoms with van der Waals surface area (Å²) in [5.74, 6) is 0.813. The van der Waals surface area contributed by atoms with Gasteiger partial charge in [-0.3, -0.25) is 4.79 Å². The predicted octanol–water partition coefficient (Wildman–Crippen LogP) is 2.81. The van der Waals surface area contributed by atoms with Crippen molar-refractivity contribution in [1.82, 2.24) is 0 Å². The monoisotopic (exact) mass is 267 g/mol. The Morgan fingerprint density at radius 1 is 1.05 bits per heavy atom. The number of ketones is 1. The van der Waals surface area contributed by atoms with Crippen LogP contribution in [-0.2, 0) is 0 Å². The van der Waals surface area contributed by atoms with Gasteiger partial charge >= 0.3 is 0 Å². The molecule has 20 heavy (non-hydrogen) atoms. The van der Waals surface area contributed by atoms with Crippen LogP contribution in [0, 0.1) is 11.3 Å². The summed E-state index contributed by atoms with van der Waals surface area (Å²) in [6.07, 6.45) is 0. The lowest BCUT2D eigenvalue weighted by atomic mass is 9.99. The molecule has 0 saturated carbocycles. The molecule has 0 aliphatic heterocycles. The summed E-state index contributed by atoms with van der Waals surface area (Å²) >= 11 is 0. The average molecular weight is 267 g/mol. The smallest absolute Gasteiger partial charge is 0.194 e. The lowest BCUT2D eigenvalue weighted by molar-refractivity contribution is 0.103. The summed E-state index contributed by atoms with van der Waals surface area (Å²) in [5, 5.41) is 9.05. The van der Waals surface area contributed by atoms with Crippen LogP contribution in [0.3, 0.4) is 0 Å². The van der Waals surface area contributed by atoms with Gasteiger partial charge in [-0.2, -0.15) is 5.26 Å². The minimum absolute atomic E-state index is 0.219. The standard InChI is InChI=1S/C16H13NO3/c1-19-14-8-7-11(9-15(14)20-2)16(18)13-6-4-3-5-12(13)10-17/h3-9H,1-2H3. The lowest BCUT2D eigenvalue weighted by Gasteiger charge is -2.09. The van der Waals surface area contributed by atoms with E-state index in [1.54, 1.807) is 42.5 Å². The fraction of sp³-hybridized carbons (Fsp3) is 0.125. The maximum atomic E-state index is 12.4. The van der Waals surface area contributed by atoms with E-state index in [2.05, 4.69) is 0 Å². The fourth-order valence-electron chi connectivity index (χ4n) is 1.91. The second kappa shape index (κ2) is 5.89. The molecule has 0 radical (unpaired) electrons. The number of nitrogens with zero attached hydrogens (tertiary/aromatic N) is 1. The van der Waals surface area contributed by atoms with E-state index in [-0.39, 0.29) is 5.78 Å². The van der Waals surface area contributed by atoms with Crippen molar-refractivity contribution in [3.05, 3.63) is 59.2 Å². The number of ether oxygens (including phenoxy) is 2. The molecule has 0 heterocycles. The van der Waals surface area contributed by atoms with Crippen molar-refractivity contribution in [2.45, 2.75) is 0 Å². The Bertz CT molecular complexity index is 686. The number of nitriles is 1. The van der Waals surface area contributed by atoms with Gasteiger partial charge in [0.25, 0.3) is 0 Å². The Labute approximate surface area is 117 Å². The van der Waals surface area contributed by atoms with Crippen LogP contribution in [0.1, 0.15) is 21.5 Å². The van der Waals surface area contributed by atoms with Crippen LogP contribution in [0.25, 0.3) is 0 Å². The molecule has 2 rings (SSSR count). The normalized spacial score (nSPS) is 9.65. The van der Waals surface area contributed by atoms with Crippen molar-refractivity contribution in [2.24, 2.45) is 0 Å². The predicted molar refractivity (Wildman–Crippen MR) is 74.1 cm³/mol. The van der Waals surface area contributed by atoms with E-state index < -0.39 is 0 Å². The van der Waals surface area contributed by atoms with Gasteiger partial charge in [0, 0.05) is 11.1 Å². The number of rotatable bonds is 4. The zero-order valence-corrected chi connectivity index (χ0v) is 11.2. The Hall–Kier alpha value is -2.80.